The van der Waals surface area contributed by atoms with E-state index in [1.165, 1.54) is 12.8 Å². The van der Waals surface area contributed by atoms with Crippen LogP contribution >= 0.6 is 11.6 Å². The molecule has 4 nitrogen and oxygen atoms in total. The normalized spacial score (nSPS) is 20.5. The van der Waals surface area contributed by atoms with Crippen LogP contribution in [0.4, 0.5) is 5.95 Å². The molecule has 5 heteroatoms. The summed E-state index contributed by atoms with van der Waals surface area (Å²) in [5.74, 6) is 0.730. The van der Waals surface area contributed by atoms with E-state index in [1.807, 2.05) is 7.05 Å². The molecule has 0 amide bonds. The summed E-state index contributed by atoms with van der Waals surface area (Å²) in [5.41, 5.74) is 0. The molecule has 1 N–H and O–H groups in total. The standard InChI is InChI=1S/C10H15ClN4/c1-15(7-9-3-2-4-12-9)10-13-5-8(11)6-14-10/h5-6,9,12H,2-4,7H2,1H3. The number of rotatable bonds is 3. The molecule has 0 radical (unpaired) electrons. The van der Waals surface area contributed by atoms with Crippen molar-refractivity contribution < 1.29 is 0 Å². The molecule has 1 atom stereocenters. The third-order valence-electron chi connectivity index (χ3n) is 2.60. The largest absolute Gasteiger partial charge is 0.342 e. The van der Waals surface area contributed by atoms with Gasteiger partial charge in [-0.25, -0.2) is 9.97 Å². The number of nitrogens with zero attached hydrogens (tertiary/aromatic N) is 3. The van der Waals surface area contributed by atoms with Crippen molar-refractivity contribution in [3.05, 3.63) is 17.4 Å². The van der Waals surface area contributed by atoms with E-state index in [1.54, 1.807) is 12.4 Å². The Morgan fingerprint density at radius 1 is 1.53 bits per heavy atom. The van der Waals surface area contributed by atoms with E-state index < -0.39 is 0 Å². The van der Waals surface area contributed by atoms with Crippen LogP contribution < -0.4 is 10.2 Å². The maximum absolute atomic E-state index is 5.73. The second kappa shape index (κ2) is 4.77. The monoisotopic (exact) mass is 226 g/mol. The molecule has 1 aliphatic rings. The highest BCUT2D eigenvalue weighted by molar-refractivity contribution is 6.30. The lowest BCUT2D eigenvalue weighted by Crippen LogP contribution is -2.36. The molecule has 2 heterocycles. The first-order valence-corrected chi connectivity index (χ1v) is 5.55. The fraction of sp³-hybridized carbons (Fsp3) is 0.600. The maximum Gasteiger partial charge on any atom is 0.225 e. The van der Waals surface area contributed by atoms with Gasteiger partial charge in [-0.1, -0.05) is 11.6 Å². The lowest BCUT2D eigenvalue weighted by atomic mass is 10.2. The van der Waals surface area contributed by atoms with E-state index in [-0.39, 0.29) is 0 Å². The van der Waals surface area contributed by atoms with Gasteiger partial charge in [0.1, 0.15) is 0 Å². The second-order valence-electron chi connectivity index (χ2n) is 3.88. The van der Waals surface area contributed by atoms with Crippen molar-refractivity contribution in [3.63, 3.8) is 0 Å². The van der Waals surface area contributed by atoms with Gasteiger partial charge in [-0.05, 0) is 19.4 Å². The first kappa shape index (κ1) is 10.6. The molecule has 2 rings (SSSR count). The summed E-state index contributed by atoms with van der Waals surface area (Å²) in [4.78, 5) is 10.4. The van der Waals surface area contributed by atoms with Crippen LogP contribution in [-0.2, 0) is 0 Å². The summed E-state index contributed by atoms with van der Waals surface area (Å²) < 4.78 is 0. The molecule has 1 unspecified atom stereocenters. The first-order valence-electron chi connectivity index (χ1n) is 5.18. The van der Waals surface area contributed by atoms with E-state index in [0.717, 1.165) is 19.0 Å². The van der Waals surface area contributed by atoms with Crippen molar-refractivity contribution in [2.45, 2.75) is 18.9 Å². The van der Waals surface area contributed by atoms with Crippen LogP contribution in [0, 0.1) is 0 Å². The molecule has 1 aromatic heterocycles. The van der Waals surface area contributed by atoms with Gasteiger partial charge in [0.2, 0.25) is 5.95 Å². The third kappa shape index (κ3) is 2.79. The lowest BCUT2D eigenvalue weighted by Gasteiger charge is -2.20. The smallest absolute Gasteiger partial charge is 0.225 e. The highest BCUT2D eigenvalue weighted by atomic mass is 35.5. The Morgan fingerprint density at radius 3 is 2.87 bits per heavy atom. The number of anilines is 1. The fourth-order valence-electron chi connectivity index (χ4n) is 1.83. The Kier molecular flexibility index (Phi) is 3.38. The van der Waals surface area contributed by atoms with Crippen molar-refractivity contribution in [2.24, 2.45) is 0 Å². The maximum atomic E-state index is 5.73. The zero-order valence-electron chi connectivity index (χ0n) is 8.78. The van der Waals surface area contributed by atoms with Crippen LogP contribution in [0.5, 0.6) is 0 Å². The summed E-state index contributed by atoms with van der Waals surface area (Å²) in [7, 11) is 2.00. The summed E-state index contributed by atoms with van der Waals surface area (Å²) in [6.07, 6.45) is 5.75. The number of aromatic nitrogens is 2. The Hall–Kier alpha value is -0.870. The summed E-state index contributed by atoms with van der Waals surface area (Å²) in [6, 6.07) is 0.564. The molecule has 1 fully saturated rings. The molecule has 0 aliphatic carbocycles. The Labute approximate surface area is 94.7 Å². The van der Waals surface area contributed by atoms with Crippen molar-refractivity contribution in [2.75, 3.05) is 25.0 Å². The zero-order chi connectivity index (χ0) is 10.7. The molecule has 0 spiro atoms. The average molecular weight is 227 g/mol. The number of nitrogens with one attached hydrogen (secondary N) is 1. The van der Waals surface area contributed by atoms with Crippen molar-refractivity contribution in [3.8, 4) is 0 Å². The van der Waals surface area contributed by atoms with Gasteiger partial charge in [0.05, 0.1) is 17.4 Å². The van der Waals surface area contributed by atoms with Crippen LogP contribution in [0.15, 0.2) is 12.4 Å². The molecule has 1 aliphatic heterocycles. The highest BCUT2D eigenvalue weighted by Gasteiger charge is 2.16. The van der Waals surface area contributed by atoms with E-state index in [4.69, 9.17) is 11.6 Å². The van der Waals surface area contributed by atoms with Gasteiger partial charge in [0, 0.05) is 19.6 Å². The van der Waals surface area contributed by atoms with E-state index in [0.29, 0.717) is 11.1 Å². The minimum absolute atomic E-state index is 0.564. The highest BCUT2D eigenvalue weighted by Crippen LogP contribution is 2.11. The first-order chi connectivity index (χ1) is 7.25. The van der Waals surface area contributed by atoms with Gasteiger partial charge in [0.25, 0.3) is 0 Å². The molecule has 82 valence electrons. The molecular formula is C10H15ClN4. The molecule has 15 heavy (non-hydrogen) atoms. The van der Waals surface area contributed by atoms with Gasteiger partial charge in [-0.3, -0.25) is 0 Å². The van der Waals surface area contributed by atoms with Crippen LogP contribution in [0.2, 0.25) is 5.02 Å². The van der Waals surface area contributed by atoms with Crippen LogP contribution in [0.25, 0.3) is 0 Å². The summed E-state index contributed by atoms with van der Waals surface area (Å²) >= 11 is 5.73. The SMILES string of the molecule is CN(CC1CCCN1)c1ncc(Cl)cn1. The predicted octanol–water partition coefficient (Wildman–Crippen LogP) is 1.32. The lowest BCUT2D eigenvalue weighted by molar-refractivity contribution is 0.594. The van der Waals surface area contributed by atoms with Gasteiger partial charge >= 0.3 is 0 Å². The Balaban J connectivity index is 1.94. The predicted molar refractivity (Wildman–Crippen MR) is 61.3 cm³/mol. The number of hydrogen-bond acceptors (Lipinski definition) is 4. The zero-order valence-corrected chi connectivity index (χ0v) is 9.54. The number of hydrogen-bond donors (Lipinski definition) is 1. The quantitative estimate of drug-likeness (QED) is 0.844. The third-order valence-corrected chi connectivity index (χ3v) is 2.80. The molecule has 1 aromatic rings. The summed E-state index contributed by atoms with van der Waals surface area (Å²) in [5, 5.41) is 4.02. The fourth-order valence-corrected chi connectivity index (χ4v) is 1.92. The second-order valence-corrected chi connectivity index (χ2v) is 4.31. The topological polar surface area (TPSA) is 41.0 Å². The minimum Gasteiger partial charge on any atom is -0.342 e. The van der Waals surface area contributed by atoms with Crippen LogP contribution in [0.3, 0.4) is 0 Å². The van der Waals surface area contributed by atoms with Gasteiger partial charge in [-0.15, -0.1) is 0 Å². The van der Waals surface area contributed by atoms with Crippen molar-refractivity contribution >= 4 is 17.5 Å². The molecular weight excluding hydrogens is 212 g/mol. The number of halogens is 1. The van der Waals surface area contributed by atoms with Gasteiger partial charge < -0.3 is 10.2 Å². The van der Waals surface area contributed by atoms with Crippen LogP contribution in [0.1, 0.15) is 12.8 Å². The van der Waals surface area contributed by atoms with Crippen molar-refractivity contribution in [1.82, 2.24) is 15.3 Å². The average Bonchev–Trinajstić information content (AvgIpc) is 2.71. The molecule has 0 bridgehead atoms. The molecule has 0 aromatic carbocycles. The van der Waals surface area contributed by atoms with Crippen molar-refractivity contribution in [1.29, 1.82) is 0 Å². The van der Waals surface area contributed by atoms with Crippen LogP contribution in [-0.4, -0.2) is 36.1 Å². The van der Waals surface area contributed by atoms with E-state index >= 15 is 0 Å². The Morgan fingerprint density at radius 2 is 2.27 bits per heavy atom. The molecule has 0 saturated carbocycles. The number of likely N-dealkylation sites (N-methyl/N-ethyl adjacent to an activating group) is 1. The van der Waals surface area contributed by atoms with E-state index in [2.05, 4.69) is 20.2 Å². The van der Waals surface area contributed by atoms with Gasteiger partial charge in [-0.2, -0.15) is 0 Å². The molecule has 1 saturated heterocycles. The Bertz CT molecular complexity index is 308. The summed E-state index contributed by atoms with van der Waals surface area (Å²) in [6.45, 7) is 2.07. The van der Waals surface area contributed by atoms with Gasteiger partial charge in [0.15, 0.2) is 0 Å². The minimum atomic E-state index is 0.564. The van der Waals surface area contributed by atoms with E-state index in [9.17, 15) is 0 Å².